The van der Waals surface area contributed by atoms with E-state index < -0.39 is 0 Å². The van der Waals surface area contributed by atoms with Gasteiger partial charge in [-0.05, 0) is 62.0 Å². The van der Waals surface area contributed by atoms with E-state index in [0.29, 0.717) is 5.56 Å². The normalized spacial score (nSPS) is 11.6. The monoisotopic (exact) mass is 351 g/mol. The second-order valence-electron chi connectivity index (χ2n) is 6.79. The summed E-state index contributed by atoms with van der Waals surface area (Å²) in [6.07, 6.45) is 1.86. The van der Waals surface area contributed by atoms with Crippen LogP contribution in [0.3, 0.4) is 0 Å². The molecular weight excluding hydrogens is 331 g/mol. The van der Waals surface area contributed by atoms with Gasteiger partial charge in [0, 0.05) is 21.2 Å². The van der Waals surface area contributed by atoms with E-state index in [1.807, 2.05) is 26.4 Å². The molecule has 0 spiro atoms. The van der Waals surface area contributed by atoms with Crippen LogP contribution in [0.5, 0.6) is 0 Å². The molecule has 4 heteroatoms. The van der Waals surface area contributed by atoms with E-state index in [9.17, 15) is 4.39 Å². The van der Waals surface area contributed by atoms with Gasteiger partial charge in [-0.1, -0.05) is 11.6 Å². The van der Waals surface area contributed by atoms with Gasteiger partial charge in [0.15, 0.2) is 5.69 Å². The van der Waals surface area contributed by atoms with Crippen LogP contribution in [0.25, 0.3) is 31.6 Å². The Hall–Kier alpha value is -2.33. The van der Waals surface area contributed by atoms with Crippen molar-refractivity contribution < 1.29 is 8.96 Å². The fourth-order valence-electron chi connectivity index (χ4n) is 3.51. The van der Waals surface area contributed by atoms with Crippen molar-refractivity contribution in [1.82, 2.24) is 4.98 Å². The van der Waals surface area contributed by atoms with Crippen molar-refractivity contribution >= 4 is 31.6 Å². The Morgan fingerprint density at radius 1 is 1.00 bits per heavy atom. The molecule has 0 atom stereocenters. The summed E-state index contributed by atoms with van der Waals surface area (Å²) in [5.41, 5.74) is 7.82. The smallest absolute Gasteiger partial charge is 0.231 e. The molecule has 0 saturated heterocycles. The zero-order valence-electron chi connectivity index (χ0n) is 15.1. The first-order valence-electron chi connectivity index (χ1n) is 8.32. The largest absolute Gasteiger partial charge is 0.287 e. The zero-order valence-corrected chi connectivity index (χ0v) is 15.9. The van der Waals surface area contributed by atoms with Crippen molar-refractivity contribution in [1.29, 1.82) is 0 Å². The van der Waals surface area contributed by atoms with E-state index >= 15 is 0 Å². The maximum absolute atomic E-state index is 14.0. The molecule has 0 saturated carbocycles. The Bertz CT molecular complexity index is 1160. The van der Waals surface area contributed by atoms with Crippen molar-refractivity contribution in [2.75, 3.05) is 0 Å². The Morgan fingerprint density at radius 3 is 2.52 bits per heavy atom. The maximum Gasteiger partial charge on any atom is 0.287 e. The van der Waals surface area contributed by atoms with Crippen molar-refractivity contribution in [3.05, 3.63) is 58.7 Å². The number of nitrogens with zero attached hydrogens (tertiary/aromatic N) is 2. The third-order valence-corrected chi connectivity index (χ3v) is 6.33. The van der Waals surface area contributed by atoms with E-state index in [2.05, 4.69) is 42.5 Å². The van der Waals surface area contributed by atoms with Gasteiger partial charge < -0.3 is 0 Å². The third-order valence-electron chi connectivity index (χ3n) is 5.01. The van der Waals surface area contributed by atoms with Crippen molar-refractivity contribution in [2.45, 2.75) is 27.7 Å². The Balaban J connectivity index is 2.18. The summed E-state index contributed by atoms with van der Waals surface area (Å²) < 4.78 is 18.2. The van der Waals surface area contributed by atoms with Crippen LogP contribution in [-0.4, -0.2) is 4.98 Å². The summed E-state index contributed by atoms with van der Waals surface area (Å²) in [5, 5.41) is 1.03. The first-order valence-corrected chi connectivity index (χ1v) is 9.14. The molecule has 126 valence electrons. The molecule has 0 aliphatic heterocycles. The number of fused-ring (bicyclic) bond motifs is 3. The van der Waals surface area contributed by atoms with Crippen LogP contribution in [-0.2, 0) is 7.05 Å². The summed E-state index contributed by atoms with van der Waals surface area (Å²) in [4.78, 5) is 4.65. The number of benzene rings is 2. The average Bonchev–Trinajstić information content (AvgIpc) is 2.94. The molecule has 0 N–H and O–H groups in total. The summed E-state index contributed by atoms with van der Waals surface area (Å²) >= 11 is 1.64. The number of hydrogen-bond donors (Lipinski definition) is 0. The van der Waals surface area contributed by atoms with E-state index in [4.69, 9.17) is 0 Å². The Morgan fingerprint density at radius 2 is 1.76 bits per heavy atom. The molecule has 0 bridgehead atoms. The van der Waals surface area contributed by atoms with E-state index in [-0.39, 0.29) is 5.82 Å². The molecule has 2 nitrogen and oxygen atoms in total. The predicted molar refractivity (Wildman–Crippen MR) is 103 cm³/mol. The maximum atomic E-state index is 14.0. The number of thiophene rings is 1. The van der Waals surface area contributed by atoms with Gasteiger partial charge in [-0.2, -0.15) is 0 Å². The van der Waals surface area contributed by atoms with Crippen LogP contribution in [0, 0.1) is 33.5 Å². The minimum absolute atomic E-state index is 0.160. The zero-order chi connectivity index (χ0) is 17.9. The second-order valence-corrected chi connectivity index (χ2v) is 7.81. The summed E-state index contributed by atoms with van der Waals surface area (Å²) in [6, 6.07) is 7.83. The molecule has 4 rings (SSSR count). The molecule has 2 aromatic carbocycles. The van der Waals surface area contributed by atoms with Gasteiger partial charge in [0.05, 0.1) is 7.05 Å². The average molecular weight is 351 g/mol. The summed E-state index contributed by atoms with van der Waals surface area (Å²) in [5.74, 6) is -0.160. The van der Waals surface area contributed by atoms with Gasteiger partial charge in [0.1, 0.15) is 10.5 Å². The predicted octanol–water partition coefficient (Wildman–Crippen LogP) is 5.31. The fraction of sp³-hybridized carbons (Fsp3) is 0.238. The molecule has 25 heavy (non-hydrogen) atoms. The topological polar surface area (TPSA) is 16.8 Å². The molecule has 0 fully saturated rings. The highest BCUT2D eigenvalue weighted by Gasteiger charge is 2.23. The van der Waals surface area contributed by atoms with E-state index in [1.54, 1.807) is 17.4 Å². The first kappa shape index (κ1) is 16.2. The molecule has 4 aromatic rings. The van der Waals surface area contributed by atoms with Gasteiger partial charge in [0.2, 0.25) is 5.52 Å². The fourth-order valence-corrected chi connectivity index (χ4v) is 4.85. The van der Waals surface area contributed by atoms with E-state index in [1.165, 1.54) is 22.3 Å². The second kappa shape index (κ2) is 5.60. The number of aryl methyl sites for hydroxylation is 4. The number of hydrogen-bond acceptors (Lipinski definition) is 2. The number of rotatable bonds is 1. The van der Waals surface area contributed by atoms with Crippen molar-refractivity contribution in [2.24, 2.45) is 7.05 Å². The van der Waals surface area contributed by atoms with Gasteiger partial charge in [-0.3, -0.25) is 0 Å². The highest BCUT2D eigenvalue weighted by atomic mass is 32.1. The van der Waals surface area contributed by atoms with Crippen LogP contribution in [0.4, 0.5) is 4.39 Å². The highest BCUT2D eigenvalue weighted by molar-refractivity contribution is 7.26. The summed E-state index contributed by atoms with van der Waals surface area (Å²) in [7, 11) is 2.02. The minimum Gasteiger partial charge on any atom is -0.231 e. The molecule has 2 heterocycles. The lowest BCUT2D eigenvalue weighted by Crippen LogP contribution is -2.31. The molecular formula is C21H20FN2S+. The van der Waals surface area contributed by atoms with Crippen LogP contribution < -0.4 is 4.57 Å². The molecule has 0 aliphatic carbocycles. The van der Waals surface area contributed by atoms with Crippen LogP contribution in [0.1, 0.15) is 22.3 Å². The first-order chi connectivity index (χ1) is 11.9. The molecule has 0 aliphatic rings. The van der Waals surface area contributed by atoms with Gasteiger partial charge in [-0.15, -0.1) is 11.3 Å². The lowest BCUT2D eigenvalue weighted by atomic mass is 9.97. The van der Waals surface area contributed by atoms with E-state index in [0.717, 1.165) is 26.0 Å². The van der Waals surface area contributed by atoms with Gasteiger partial charge >= 0.3 is 0 Å². The standard InChI is InChI=1S/C21H20FN2S/c1-11-8-12(2)13(3)16(9-11)19-21-18(23-10-24(19)5)15-6-7-17(22)14(4)20(15)25-21/h6-10H,1-5H3/q+1. The van der Waals surface area contributed by atoms with Crippen LogP contribution in [0.2, 0.25) is 0 Å². The van der Waals surface area contributed by atoms with Crippen molar-refractivity contribution in [3.63, 3.8) is 0 Å². The highest BCUT2D eigenvalue weighted by Crippen LogP contribution is 2.40. The molecule has 0 radical (unpaired) electrons. The van der Waals surface area contributed by atoms with Crippen molar-refractivity contribution in [3.8, 4) is 11.3 Å². The SMILES string of the molecule is Cc1cc(C)c(C)c(-c2c3sc4c(C)c(F)ccc4c3nc[n+]2C)c1. The lowest BCUT2D eigenvalue weighted by Gasteiger charge is -2.11. The number of aromatic nitrogens is 2. The lowest BCUT2D eigenvalue weighted by molar-refractivity contribution is -0.662. The van der Waals surface area contributed by atoms with Crippen LogP contribution in [0.15, 0.2) is 30.6 Å². The third kappa shape index (κ3) is 2.35. The minimum atomic E-state index is -0.160. The quantitative estimate of drug-likeness (QED) is 0.424. The summed E-state index contributed by atoms with van der Waals surface area (Å²) in [6.45, 7) is 8.27. The molecule has 0 unspecified atom stereocenters. The van der Waals surface area contributed by atoms with Gasteiger partial charge in [0.25, 0.3) is 6.33 Å². The Kier molecular flexibility index (Phi) is 3.62. The Labute approximate surface area is 150 Å². The molecule has 0 amide bonds. The molecule has 2 aromatic heterocycles. The number of halogens is 1. The van der Waals surface area contributed by atoms with Crippen LogP contribution >= 0.6 is 11.3 Å². The van der Waals surface area contributed by atoms with Gasteiger partial charge in [-0.25, -0.2) is 8.96 Å².